The molecule has 1 saturated heterocycles. The van der Waals surface area contributed by atoms with Crippen LogP contribution in [0.4, 0.5) is 5.82 Å². The lowest BCUT2D eigenvalue weighted by Crippen LogP contribution is -2.38. The molecule has 6 rings (SSSR count). The Bertz CT molecular complexity index is 1740. The molecule has 3 N–H and O–H groups in total. The Morgan fingerprint density at radius 2 is 1.80 bits per heavy atom. The molecule has 11 nitrogen and oxygen atoms in total. The number of rotatable bonds is 6. The van der Waals surface area contributed by atoms with Gasteiger partial charge in [0.15, 0.2) is 0 Å². The molecule has 2 aromatic carbocycles. The molecule has 5 aromatic rings. The number of aryl methyl sites for hydroxylation is 2. The molecule has 0 unspecified atom stereocenters. The van der Waals surface area contributed by atoms with Gasteiger partial charge in [-0.1, -0.05) is 35.5 Å². The number of likely N-dealkylation sites (tertiary alicyclic amines) is 1. The van der Waals surface area contributed by atoms with Crippen LogP contribution in [0.15, 0.2) is 77.7 Å². The summed E-state index contributed by atoms with van der Waals surface area (Å²) < 4.78 is 6.78. The minimum Gasteiger partial charge on any atom is -0.383 e. The normalized spacial score (nSPS) is 14.8. The van der Waals surface area contributed by atoms with E-state index in [2.05, 4.69) is 25.5 Å². The van der Waals surface area contributed by atoms with E-state index in [4.69, 9.17) is 10.3 Å². The van der Waals surface area contributed by atoms with Gasteiger partial charge in [0, 0.05) is 67.8 Å². The molecule has 0 radical (unpaired) electrons. The highest BCUT2D eigenvalue weighted by molar-refractivity contribution is 6.00. The molecule has 1 fully saturated rings. The molecule has 1 aliphatic heterocycles. The molecular formula is C30H28N8O3. The predicted molar refractivity (Wildman–Crippen MR) is 153 cm³/mol. The van der Waals surface area contributed by atoms with E-state index in [0.717, 1.165) is 27.8 Å². The van der Waals surface area contributed by atoms with Crippen LogP contribution in [0.5, 0.6) is 0 Å². The van der Waals surface area contributed by atoms with E-state index in [-0.39, 0.29) is 23.7 Å². The first kappa shape index (κ1) is 25.9. The van der Waals surface area contributed by atoms with Crippen molar-refractivity contribution in [3.63, 3.8) is 0 Å². The Kier molecular flexibility index (Phi) is 6.76. The lowest BCUT2D eigenvalue weighted by atomic mass is 10.0. The van der Waals surface area contributed by atoms with Gasteiger partial charge < -0.3 is 20.5 Å². The minimum atomic E-state index is -0.317. The van der Waals surface area contributed by atoms with E-state index in [1.165, 1.54) is 0 Å². The van der Waals surface area contributed by atoms with Crippen molar-refractivity contribution >= 4 is 17.6 Å². The molecule has 1 aliphatic rings. The fraction of sp³-hybridized carbons (Fsp3) is 0.200. The summed E-state index contributed by atoms with van der Waals surface area (Å²) >= 11 is 0. The van der Waals surface area contributed by atoms with Gasteiger partial charge in [0.2, 0.25) is 11.7 Å². The maximum atomic E-state index is 13.2. The van der Waals surface area contributed by atoms with Crippen molar-refractivity contribution in [1.29, 1.82) is 0 Å². The van der Waals surface area contributed by atoms with Crippen molar-refractivity contribution in [2.24, 2.45) is 7.05 Å². The number of anilines is 1. The van der Waals surface area contributed by atoms with Crippen molar-refractivity contribution in [2.75, 3.05) is 18.8 Å². The lowest BCUT2D eigenvalue weighted by molar-refractivity contribution is 0.0783. The highest BCUT2D eigenvalue weighted by Crippen LogP contribution is 2.26. The van der Waals surface area contributed by atoms with Gasteiger partial charge in [-0.15, -0.1) is 0 Å². The summed E-state index contributed by atoms with van der Waals surface area (Å²) in [7, 11) is 1.82. The van der Waals surface area contributed by atoms with Gasteiger partial charge in [-0.2, -0.15) is 10.1 Å². The Morgan fingerprint density at radius 1 is 1.00 bits per heavy atom. The number of hydrogen-bond acceptors (Lipinski definition) is 8. The van der Waals surface area contributed by atoms with E-state index in [1.54, 1.807) is 35.0 Å². The molecule has 11 heteroatoms. The van der Waals surface area contributed by atoms with Crippen LogP contribution in [0, 0.1) is 6.92 Å². The Morgan fingerprint density at radius 3 is 2.54 bits per heavy atom. The highest BCUT2D eigenvalue weighted by atomic mass is 16.5. The fourth-order valence-electron chi connectivity index (χ4n) is 4.95. The lowest BCUT2D eigenvalue weighted by Gasteiger charge is -2.18. The topological polar surface area (TPSA) is 145 Å². The van der Waals surface area contributed by atoms with Gasteiger partial charge in [-0.3, -0.25) is 14.3 Å². The summed E-state index contributed by atoms with van der Waals surface area (Å²) in [6, 6.07) is 16.9. The summed E-state index contributed by atoms with van der Waals surface area (Å²) in [5.41, 5.74) is 11.3. The van der Waals surface area contributed by atoms with Gasteiger partial charge in [-0.25, -0.2) is 4.98 Å². The number of pyridine rings is 1. The Hall–Kier alpha value is -5.32. The molecule has 0 saturated carbocycles. The first-order valence-electron chi connectivity index (χ1n) is 13.2. The Labute approximate surface area is 236 Å². The number of amides is 2. The molecule has 41 heavy (non-hydrogen) atoms. The number of nitrogen functional groups attached to an aromatic ring is 1. The maximum absolute atomic E-state index is 13.2. The number of carbonyl (C=O) groups excluding carboxylic acids is 2. The summed E-state index contributed by atoms with van der Waals surface area (Å²) in [6.07, 6.45) is 5.81. The number of nitrogens with two attached hydrogens (primary N) is 1. The molecular weight excluding hydrogens is 520 g/mol. The van der Waals surface area contributed by atoms with Crippen molar-refractivity contribution in [3.8, 4) is 33.6 Å². The van der Waals surface area contributed by atoms with Crippen molar-refractivity contribution in [2.45, 2.75) is 19.4 Å². The van der Waals surface area contributed by atoms with E-state index in [1.807, 2.05) is 61.8 Å². The van der Waals surface area contributed by atoms with Gasteiger partial charge in [-0.05, 0) is 41.8 Å². The number of aromatic nitrogens is 5. The van der Waals surface area contributed by atoms with Crippen molar-refractivity contribution in [3.05, 3.63) is 90.2 Å². The van der Waals surface area contributed by atoms with E-state index in [0.29, 0.717) is 42.4 Å². The third-order valence-electron chi connectivity index (χ3n) is 7.13. The van der Waals surface area contributed by atoms with Gasteiger partial charge in [0.1, 0.15) is 5.82 Å². The first-order valence-corrected chi connectivity index (χ1v) is 13.2. The van der Waals surface area contributed by atoms with Crippen LogP contribution < -0.4 is 11.1 Å². The third kappa shape index (κ3) is 5.42. The molecule has 2 amide bonds. The number of nitrogens with one attached hydrogen (secondary N) is 1. The summed E-state index contributed by atoms with van der Waals surface area (Å²) in [5, 5.41) is 11.2. The number of hydrogen-bond donors (Lipinski definition) is 2. The smallest absolute Gasteiger partial charge is 0.255 e. The van der Waals surface area contributed by atoms with E-state index in [9.17, 15) is 9.59 Å². The molecule has 4 heterocycles. The largest absolute Gasteiger partial charge is 0.383 e. The highest BCUT2D eigenvalue weighted by Gasteiger charge is 2.29. The number of benzene rings is 2. The maximum Gasteiger partial charge on any atom is 0.255 e. The second-order valence-electron chi connectivity index (χ2n) is 10.1. The van der Waals surface area contributed by atoms with E-state index < -0.39 is 0 Å². The standard InChI is InChI=1S/C30H28N8O3/c1-18-34-28(36-41-18)22-5-3-4-21(12-22)19-6-8-20(9-7-19)30(40)38-11-10-25(17-38)35-29(39)26-13-23(14-32-27(26)31)24-15-33-37(2)16-24/h3-9,12-16,25H,10-11,17H2,1-2H3,(H2,31,32)(H,35,39)/t25-/m1/s1. The molecule has 1 atom stereocenters. The van der Waals surface area contributed by atoms with Crippen molar-refractivity contribution < 1.29 is 14.1 Å². The van der Waals surface area contributed by atoms with Gasteiger partial charge in [0.25, 0.3) is 11.8 Å². The summed E-state index contributed by atoms with van der Waals surface area (Å²) in [5.74, 6) is 0.797. The Balaban J connectivity index is 1.10. The van der Waals surface area contributed by atoms with E-state index >= 15 is 0 Å². The number of carbonyl (C=O) groups is 2. The predicted octanol–water partition coefficient (Wildman–Crippen LogP) is 3.73. The van der Waals surface area contributed by atoms with Crippen molar-refractivity contribution in [1.82, 2.24) is 35.1 Å². The first-order chi connectivity index (χ1) is 19.8. The van der Waals surface area contributed by atoms with Crippen LogP contribution in [-0.4, -0.2) is 60.8 Å². The molecule has 0 bridgehead atoms. The monoisotopic (exact) mass is 548 g/mol. The van der Waals surface area contributed by atoms with Crippen LogP contribution >= 0.6 is 0 Å². The second kappa shape index (κ2) is 10.7. The van der Waals surface area contributed by atoms with Gasteiger partial charge >= 0.3 is 0 Å². The number of nitrogens with zero attached hydrogens (tertiary/aromatic N) is 6. The third-order valence-corrected chi connectivity index (χ3v) is 7.13. The zero-order valence-electron chi connectivity index (χ0n) is 22.6. The quantitative estimate of drug-likeness (QED) is 0.326. The van der Waals surface area contributed by atoms with Gasteiger partial charge in [0.05, 0.1) is 11.8 Å². The minimum absolute atomic E-state index is 0.0796. The van der Waals surface area contributed by atoms with Crippen LogP contribution in [0.1, 0.15) is 33.0 Å². The fourth-order valence-corrected chi connectivity index (χ4v) is 4.95. The molecule has 0 spiro atoms. The van der Waals surface area contributed by atoms with Crippen LogP contribution in [-0.2, 0) is 7.05 Å². The average molecular weight is 549 g/mol. The second-order valence-corrected chi connectivity index (χ2v) is 10.1. The zero-order chi connectivity index (χ0) is 28.5. The van der Waals surface area contributed by atoms with Crippen LogP contribution in [0.2, 0.25) is 0 Å². The zero-order valence-corrected chi connectivity index (χ0v) is 22.6. The summed E-state index contributed by atoms with van der Waals surface area (Å²) in [4.78, 5) is 36.6. The summed E-state index contributed by atoms with van der Waals surface area (Å²) in [6.45, 7) is 2.71. The molecule has 206 valence electrons. The SMILES string of the molecule is Cc1nc(-c2cccc(-c3ccc(C(=O)N4CC[C@@H](NC(=O)c5cc(-c6cnn(C)c6)cnc5N)C4)cc3)c2)no1. The van der Waals surface area contributed by atoms with Crippen LogP contribution in [0.3, 0.4) is 0 Å². The molecule has 0 aliphatic carbocycles. The molecule has 3 aromatic heterocycles. The average Bonchev–Trinajstić information content (AvgIpc) is 3.75. The van der Waals surface area contributed by atoms with Crippen LogP contribution in [0.25, 0.3) is 33.6 Å².